The van der Waals surface area contributed by atoms with Gasteiger partial charge in [-0.3, -0.25) is 20.4 Å². The van der Waals surface area contributed by atoms with Gasteiger partial charge in [0.1, 0.15) is 5.75 Å². The fourth-order valence-electron chi connectivity index (χ4n) is 2.18. The minimum absolute atomic E-state index is 0.0333. The maximum absolute atomic E-state index is 12.5. The third-order valence-corrected chi connectivity index (χ3v) is 5.46. The fraction of sp³-hybridized carbons (Fsp3) is 0.0556. The summed E-state index contributed by atoms with van der Waals surface area (Å²) in [5.74, 6) is -0.733. The number of nitrogens with one attached hydrogen (secondary N) is 2. The summed E-state index contributed by atoms with van der Waals surface area (Å²) in [4.78, 5) is 29.6. The molecule has 0 radical (unpaired) electrons. The van der Waals surface area contributed by atoms with Gasteiger partial charge in [-0.15, -0.1) is 23.1 Å². The molecule has 0 bridgehead atoms. The molecule has 1 aromatic heterocycles. The van der Waals surface area contributed by atoms with Gasteiger partial charge in [-0.25, -0.2) is 4.98 Å². The number of phenolic OH excluding ortho intramolecular Hbond substituents is 1. The van der Waals surface area contributed by atoms with Crippen LogP contribution in [-0.2, 0) is 5.75 Å². The first-order valence-electron chi connectivity index (χ1n) is 7.72. The highest BCUT2D eigenvalue weighted by atomic mass is 35.5. The molecule has 9 heteroatoms. The summed E-state index contributed by atoms with van der Waals surface area (Å²) in [5, 5.41) is 12.0. The Kier molecular flexibility index (Phi) is 6.33. The van der Waals surface area contributed by atoms with Crippen LogP contribution in [0.5, 0.6) is 5.75 Å². The number of benzene rings is 2. The van der Waals surface area contributed by atoms with Crippen LogP contribution in [0.3, 0.4) is 0 Å². The van der Waals surface area contributed by atoms with E-state index in [0.717, 1.165) is 10.6 Å². The van der Waals surface area contributed by atoms with E-state index in [2.05, 4.69) is 15.8 Å². The number of halogens is 1. The summed E-state index contributed by atoms with van der Waals surface area (Å²) in [5.41, 5.74) is 7.73. The molecule has 0 aliphatic rings. The summed E-state index contributed by atoms with van der Waals surface area (Å²) in [6.07, 6.45) is 0. The van der Waals surface area contributed by atoms with Gasteiger partial charge >= 0.3 is 0 Å². The van der Waals surface area contributed by atoms with E-state index in [1.807, 2.05) is 17.5 Å². The summed E-state index contributed by atoms with van der Waals surface area (Å²) < 4.78 is 0. The topological polar surface area (TPSA) is 91.3 Å². The van der Waals surface area contributed by atoms with Crippen molar-refractivity contribution in [3.63, 3.8) is 0 Å². The number of phenols is 1. The molecule has 0 atom stereocenters. The van der Waals surface area contributed by atoms with Gasteiger partial charge in [0.25, 0.3) is 11.8 Å². The van der Waals surface area contributed by atoms with Gasteiger partial charge in [-0.2, -0.15) is 0 Å². The fourth-order valence-corrected chi connectivity index (χ4v) is 3.97. The largest absolute Gasteiger partial charge is 0.507 e. The summed E-state index contributed by atoms with van der Waals surface area (Å²) >= 11 is 8.83. The number of aromatic hydroxyl groups is 1. The molecule has 0 aliphatic carbocycles. The highest BCUT2D eigenvalue weighted by molar-refractivity contribution is 7.98. The third-order valence-electron chi connectivity index (χ3n) is 3.48. The number of carbonyl (C=O) groups excluding carboxylic acids is 2. The minimum atomic E-state index is -0.670. The van der Waals surface area contributed by atoms with Crippen LogP contribution in [0.4, 0.5) is 0 Å². The Labute approximate surface area is 168 Å². The Morgan fingerprint density at radius 2 is 1.85 bits per heavy atom. The number of thioether (sulfide) groups is 1. The number of carbonyl (C=O) groups is 2. The molecule has 138 valence electrons. The van der Waals surface area contributed by atoms with Crippen LogP contribution in [0.15, 0.2) is 58.3 Å². The van der Waals surface area contributed by atoms with Crippen molar-refractivity contribution >= 4 is 46.5 Å². The number of hydrogen-bond donors (Lipinski definition) is 3. The number of hydrazine groups is 1. The van der Waals surface area contributed by atoms with Crippen molar-refractivity contribution in [2.45, 2.75) is 10.6 Å². The Morgan fingerprint density at radius 3 is 2.59 bits per heavy atom. The second-order valence-electron chi connectivity index (χ2n) is 5.33. The van der Waals surface area contributed by atoms with E-state index in [1.165, 1.54) is 41.3 Å². The van der Waals surface area contributed by atoms with Crippen molar-refractivity contribution in [3.05, 3.63) is 75.2 Å². The van der Waals surface area contributed by atoms with Gasteiger partial charge in [0.2, 0.25) is 0 Å². The second kappa shape index (κ2) is 8.90. The van der Waals surface area contributed by atoms with Crippen LogP contribution >= 0.6 is 34.7 Å². The second-order valence-corrected chi connectivity index (χ2v) is 7.51. The average Bonchev–Trinajstić information content (AvgIpc) is 3.20. The van der Waals surface area contributed by atoms with Crippen LogP contribution in [-0.4, -0.2) is 21.9 Å². The quantitative estimate of drug-likeness (QED) is 0.431. The first-order valence-corrected chi connectivity index (χ1v) is 10.0. The van der Waals surface area contributed by atoms with Crippen molar-refractivity contribution in [2.75, 3.05) is 0 Å². The van der Waals surface area contributed by atoms with Crippen molar-refractivity contribution in [1.29, 1.82) is 0 Å². The molecule has 27 heavy (non-hydrogen) atoms. The first-order chi connectivity index (χ1) is 13.0. The van der Waals surface area contributed by atoms with Crippen LogP contribution < -0.4 is 10.9 Å². The van der Waals surface area contributed by atoms with Crippen LogP contribution in [0.2, 0.25) is 5.02 Å². The van der Waals surface area contributed by atoms with E-state index in [-0.39, 0.29) is 11.3 Å². The first kappa shape index (κ1) is 19.2. The van der Waals surface area contributed by atoms with Crippen molar-refractivity contribution in [2.24, 2.45) is 0 Å². The SMILES string of the molecule is O=C(NNC(=O)c1ccccc1SCc1cscn1)c1cc(Cl)ccc1O. The lowest BCUT2D eigenvalue weighted by molar-refractivity contribution is 0.0843. The molecular formula is C18H14ClN3O3S2. The van der Waals surface area contributed by atoms with Crippen LogP contribution in [0, 0.1) is 0 Å². The number of aromatic nitrogens is 1. The number of nitrogens with zero attached hydrogens (tertiary/aromatic N) is 1. The van der Waals surface area contributed by atoms with Crippen molar-refractivity contribution in [1.82, 2.24) is 15.8 Å². The molecule has 1 heterocycles. The van der Waals surface area contributed by atoms with Gasteiger partial charge in [-0.05, 0) is 30.3 Å². The van der Waals surface area contributed by atoms with Gasteiger partial charge in [-0.1, -0.05) is 23.7 Å². The van der Waals surface area contributed by atoms with Gasteiger partial charge in [0.15, 0.2) is 0 Å². The molecular weight excluding hydrogens is 406 g/mol. The van der Waals surface area contributed by atoms with E-state index in [4.69, 9.17) is 11.6 Å². The number of hydrogen-bond acceptors (Lipinski definition) is 6. The molecule has 2 amide bonds. The molecule has 0 saturated carbocycles. The lowest BCUT2D eigenvalue weighted by Gasteiger charge is -2.11. The van der Waals surface area contributed by atoms with Crippen LogP contribution in [0.25, 0.3) is 0 Å². The lowest BCUT2D eigenvalue weighted by Crippen LogP contribution is -2.41. The predicted octanol–water partition coefficient (Wildman–Crippen LogP) is 3.87. The molecule has 3 N–H and O–H groups in total. The summed E-state index contributed by atoms with van der Waals surface area (Å²) in [7, 11) is 0. The molecule has 0 fully saturated rings. The highest BCUT2D eigenvalue weighted by Gasteiger charge is 2.15. The number of amides is 2. The smallest absolute Gasteiger partial charge is 0.273 e. The van der Waals surface area contributed by atoms with Crippen molar-refractivity contribution in [3.8, 4) is 5.75 Å². The molecule has 0 saturated heterocycles. The van der Waals surface area contributed by atoms with Crippen molar-refractivity contribution < 1.29 is 14.7 Å². The zero-order valence-electron chi connectivity index (χ0n) is 13.8. The lowest BCUT2D eigenvalue weighted by atomic mass is 10.2. The third kappa shape index (κ3) is 5.00. The molecule has 2 aromatic carbocycles. The van der Waals surface area contributed by atoms with E-state index in [1.54, 1.807) is 17.6 Å². The Balaban J connectivity index is 1.65. The number of thiazole rings is 1. The molecule has 0 spiro atoms. The summed E-state index contributed by atoms with van der Waals surface area (Å²) in [6.45, 7) is 0. The van der Waals surface area contributed by atoms with E-state index >= 15 is 0 Å². The minimum Gasteiger partial charge on any atom is -0.507 e. The van der Waals surface area contributed by atoms with Gasteiger partial charge < -0.3 is 5.11 Å². The van der Waals surface area contributed by atoms with Gasteiger partial charge in [0.05, 0.1) is 22.3 Å². The highest BCUT2D eigenvalue weighted by Crippen LogP contribution is 2.26. The standard InChI is InChI=1S/C18H14ClN3O3S2/c19-11-5-6-15(23)14(7-11)18(25)22-21-17(24)13-3-1-2-4-16(13)27-9-12-8-26-10-20-12/h1-8,10,23H,9H2,(H,21,24)(H,22,25). The Bertz CT molecular complexity index is 964. The zero-order valence-corrected chi connectivity index (χ0v) is 16.2. The van der Waals surface area contributed by atoms with E-state index < -0.39 is 11.8 Å². The van der Waals surface area contributed by atoms with Gasteiger partial charge in [0, 0.05) is 21.1 Å². The number of rotatable bonds is 5. The summed E-state index contributed by atoms with van der Waals surface area (Å²) in [6, 6.07) is 11.2. The molecule has 3 aromatic rings. The molecule has 0 unspecified atom stereocenters. The van der Waals surface area contributed by atoms with E-state index in [9.17, 15) is 14.7 Å². The normalized spacial score (nSPS) is 10.4. The zero-order chi connectivity index (χ0) is 19.2. The molecule has 3 rings (SSSR count). The monoisotopic (exact) mass is 419 g/mol. The maximum atomic E-state index is 12.5. The Hall–Kier alpha value is -2.55. The molecule has 6 nitrogen and oxygen atoms in total. The Morgan fingerprint density at radius 1 is 1.11 bits per heavy atom. The van der Waals surface area contributed by atoms with E-state index in [0.29, 0.717) is 16.3 Å². The van der Waals surface area contributed by atoms with Crippen LogP contribution in [0.1, 0.15) is 26.4 Å². The average molecular weight is 420 g/mol. The molecule has 0 aliphatic heterocycles. The predicted molar refractivity (Wildman–Crippen MR) is 106 cm³/mol. The maximum Gasteiger partial charge on any atom is 0.273 e.